The van der Waals surface area contributed by atoms with Gasteiger partial charge in [-0.25, -0.2) is 0 Å². The highest BCUT2D eigenvalue weighted by atomic mass is 16.5. The molecule has 0 bridgehead atoms. The largest absolute Gasteiger partial charge is 0.394 e. The number of hydrogen-bond acceptors (Lipinski definition) is 14. The van der Waals surface area contributed by atoms with Crippen LogP contribution >= 0.6 is 0 Å². The minimum atomic E-state index is -0.831. The number of ether oxygens (including phenoxy) is 6. The molecule has 4 rings (SSSR count). The number of nitrogens with one attached hydrogen (secondary N) is 1. The summed E-state index contributed by atoms with van der Waals surface area (Å²) in [7, 11) is 4.07. The Balaban J connectivity index is 1.73. The third-order valence-corrected chi connectivity index (χ3v) is 9.96. The Morgan fingerprint density at radius 3 is 1.03 bits per heavy atom. The summed E-state index contributed by atoms with van der Waals surface area (Å²) in [5, 5.41) is 40.6. The molecule has 61 heavy (non-hydrogen) atoms. The average molecular weight is 849 g/mol. The fourth-order valence-electron chi connectivity index (χ4n) is 6.85. The first-order valence-corrected chi connectivity index (χ1v) is 21.2. The van der Waals surface area contributed by atoms with E-state index in [1.807, 2.05) is 32.3 Å². The molecule has 0 radical (unpaired) electrons. The molecule has 0 atom stereocenters. The summed E-state index contributed by atoms with van der Waals surface area (Å²) >= 11 is 0. The molecular weight excluding hydrogens is 781 g/mol. The summed E-state index contributed by atoms with van der Waals surface area (Å²) in [5.74, 6) is 0. The predicted molar refractivity (Wildman–Crippen MR) is 241 cm³/mol. The Morgan fingerprint density at radius 1 is 0.393 bits per heavy atom. The van der Waals surface area contributed by atoms with Crippen molar-refractivity contribution in [2.45, 2.75) is 5.54 Å². The standard InChI is InChI=1S/C47H68N4O10/c1-49(2)44-14-8-40(9-15-44)47(48-43-6-4-3-5-7-43,41-10-16-45(17-11-41)50(20-28-56-32-24-52)22-30-58-36-38-60-34-26-54)42-12-18-46(19-13-42)51(21-29-57-33-25-53)23-31-59-37-39-61-35-27-55/h3-19,48,52-55H,20-39H2,1-2H3. The maximum atomic E-state index is 9.30. The number of anilines is 4. The van der Waals surface area contributed by atoms with Crippen molar-refractivity contribution in [3.05, 3.63) is 120 Å². The van der Waals surface area contributed by atoms with E-state index in [0.29, 0.717) is 79.0 Å². The first-order valence-electron chi connectivity index (χ1n) is 21.2. The molecule has 5 N–H and O–H groups in total. The summed E-state index contributed by atoms with van der Waals surface area (Å²) in [6.07, 6.45) is 0. The van der Waals surface area contributed by atoms with Gasteiger partial charge in [-0.2, -0.15) is 0 Å². The first kappa shape index (κ1) is 49.3. The van der Waals surface area contributed by atoms with Gasteiger partial charge in [-0.15, -0.1) is 0 Å². The van der Waals surface area contributed by atoms with Gasteiger partial charge in [-0.05, 0) is 65.2 Å². The van der Waals surface area contributed by atoms with Crippen molar-refractivity contribution < 1.29 is 48.8 Å². The molecule has 0 fully saturated rings. The molecule has 0 unspecified atom stereocenters. The maximum Gasteiger partial charge on any atom is 0.114 e. The van der Waals surface area contributed by atoms with Crippen LogP contribution in [0.4, 0.5) is 22.7 Å². The fraction of sp³-hybridized carbons (Fsp3) is 0.489. The van der Waals surface area contributed by atoms with E-state index < -0.39 is 5.54 Å². The molecule has 0 aromatic heterocycles. The predicted octanol–water partition coefficient (Wildman–Crippen LogP) is 3.84. The van der Waals surface area contributed by atoms with E-state index in [0.717, 1.165) is 39.4 Å². The van der Waals surface area contributed by atoms with E-state index in [9.17, 15) is 10.2 Å². The van der Waals surface area contributed by atoms with Gasteiger partial charge >= 0.3 is 0 Å². The van der Waals surface area contributed by atoms with Crippen LogP contribution in [0.2, 0.25) is 0 Å². The summed E-state index contributed by atoms with van der Waals surface area (Å²) in [6.45, 7) is 6.98. The Kier molecular flexibility index (Phi) is 23.5. The fourth-order valence-corrected chi connectivity index (χ4v) is 6.85. The molecule has 0 heterocycles. The van der Waals surface area contributed by atoms with Crippen molar-refractivity contribution in [3.63, 3.8) is 0 Å². The molecule has 0 amide bonds. The Labute approximate surface area is 362 Å². The zero-order chi connectivity index (χ0) is 43.4. The quantitative estimate of drug-likeness (QED) is 0.0341. The van der Waals surface area contributed by atoms with Gasteiger partial charge in [0.05, 0.1) is 106 Å². The molecule has 0 aliphatic heterocycles. The summed E-state index contributed by atoms with van der Waals surface area (Å²) in [6, 6.07) is 36.2. The normalized spacial score (nSPS) is 11.5. The Morgan fingerprint density at radius 2 is 0.705 bits per heavy atom. The summed E-state index contributed by atoms with van der Waals surface area (Å²) in [5.41, 5.74) is 6.34. The lowest BCUT2D eigenvalue weighted by molar-refractivity contribution is 0.0347. The number of aliphatic hydroxyl groups is 4. The van der Waals surface area contributed by atoms with E-state index in [-0.39, 0.29) is 52.9 Å². The molecule has 0 saturated carbocycles. The van der Waals surface area contributed by atoms with Crippen molar-refractivity contribution >= 4 is 22.7 Å². The monoisotopic (exact) mass is 848 g/mol. The van der Waals surface area contributed by atoms with Crippen LogP contribution in [0.3, 0.4) is 0 Å². The molecular formula is C47H68N4O10. The van der Waals surface area contributed by atoms with Gasteiger partial charge in [0, 0.05) is 63.0 Å². The second-order valence-electron chi connectivity index (χ2n) is 14.3. The number of aliphatic hydroxyl groups excluding tert-OH is 4. The van der Waals surface area contributed by atoms with Gasteiger partial charge in [0.1, 0.15) is 5.54 Å². The molecule has 14 nitrogen and oxygen atoms in total. The lowest BCUT2D eigenvalue weighted by atomic mass is 9.76. The van der Waals surface area contributed by atoms with Crippen LogP contribution < -0.4 is 20.0 Å². The van der Waals surface area contributed by atoms with Crippen LogP contribution in [0.25, 0.3) is 0 Å². The number of nitrogens with zero attached hydrogens (tertiary/aromatic N) is 3. The van der Waals surface area contributed by atoms with E-state index in [1.165, 1.54) is 0 Å². The van der Waals surface area contributed by atoms with Crippen molar-refractivity contribution in [1.82, 2.24) is 0 Å². The SMILES string of the molecule is CN(C)c1ccc(C(Nc2ccccc2)(c2ccc(N(CCOCCO)CCOCCOCCO)cc2)c2ccc(N(CCOCCO)CCOCCOCCO)cc2)cc1. The molecule has 14 heteroatoms. The van der Waals surface area contributed by atoms with Crippen molar-refractivity contribution in [2.24, 2.45) is 0 Å². The van der Waals surface area contributed by atoms with Gasteiger partial charge in [0.25, 0.3) is 0 Å². The van der Waals surface area contributed by atoms with E-state index in [4.69, 9.17) is 38.6 Å². The third-order valence-electron chi connectivity index (χ3n) is 9.96. The van der Waals surface area contributed by atoms with Gasteiger partial charge in [0.2, 0.25) is 0 Å². The number of rotatable bonds is 34. The maximum absolute atomic E-state index is 9.30. The molecule has 0 saturated heterocycles. The zero-order valence-corrected chi connectivity index (χ0v) is 36.0. The van der Waals surface area contributed by atoms with E-state index in [2.05, 4.69) is 105 Å². The number of benzene rings is 4. The minimum Gasteiger partial charge on any atom is -0.394 e. The third kappa shape index (κ3) is 16.5. The summed E-state index contributed by atoms with van der Waals surface area (Å²) < 4.78 is 33.8. The van der Waals surface area contributed by atoms with Crippen LogP contribution in [0.5, 0.6) is 0 Å². The molecule has 0 spiro atoms. The van der Waals surface area contributed by atoms with Gasteiger partial charge in [-0.1, -0.05) is 54.6 Å². The van der Waals surface area contributed by atoms with Crippen LogP contribution in [-0.2, 0) is 34.0 Å². The van der Waals surface area contributed by atoms with E-state index in [1.54, 1.807) is 0 Å². The molecule has 0 aliphatic carbocycles. The molecule has 4 aromatic carbocycles. The molecule has 336 valence electrons. The van der Waals surface area contributed by atoms with Crippen molar-refractivity contribution in [3.8, 4) is 0 Å². The lowest BCUT2D eigenvalue weighted by Gasteiger charge is -2.39. The lowest BCUT2D eigenvalue weighted by Crippen LogP contribution is -2.38. The second kappa shape index (κ2) is 29.1. The zero-order valence-electron chi connectivity index (χ0n) is 36.0. The molecule has 4 aromatic rings. The molecule has 0 aliphatic rings. The van der Waals surface area contributed by atoms with Crippen LogP contribution in [0, 0.1) is 0 Å². The second-order valence-corrected chi connectivity index (χ2v) is 14.3. The highest BCUT2D eigenvalue weighted by Gasteiger charge is 2.37. The minimum absolute atomic E-state index is 0.0194. The van der Waals surface area contributed by atoms with Gasteiger partial charge in [0.15, 0.2) is 0 Å². The summed E-state index contributed by atoms with van der Waals surface area (Å²) in [4.78, 5) is 6.52. The van der Waals surface area contributed by atoms with Gasteiger partial charge < -0.3 is 68.9 Å². The first-order chi connectivity index (χ1) is 30.0. The van der Waals surface area contributed by atoms with Crippen molar-refractivity contribution in [1.29, 1.82) is 0 Å². The Bertz CT molecular complexity index is 1610. The van der Waals surface area contributed by atoms with Crippen molar-refractivity contribution in [2.75, 3.05) is 166 Å². The highest BCUT2D eigenvalue weighted by molar-refractivity contribution is 5.64. The van der Waals surface area contributed by atoms with Crippen LogP contribution in [0.1, 0.15) is 16.7 Å². The average Bonchev–Trinajstić information content (AvgIpc) is 3.29. The Hall–Kier alpha value is -4.32. The topological polar surface area (TPSA) is 158 Å². The van der Waals surface area contributed by atoms with Crippen LogP contribution in [0.15, 0.2) is 103 Å². The number of para-hydroxylation sites is 1. The highest BCUT2D eigenvalue weighted by Crippen LogP contribution is 2.42. The number of hydrogen-bond donors (Lipinski definition) is 5. The van der Waals surface area contributed by atoms with Crippen LogP contribution in [-0.4, -0.2) is 166 Å². The van der Waals surface area contributed by atoms with E-state index >= 15 is 0 Å². The smallest absolute Gasteiger partial charge is 0.114 e. The van der Waals surface area contributed by atoms with Gasteiger partial charge in [-0.3, -0.25) is 0 Å².